The van der Waals surface area contributed by atoms with E-state index >= 15 is 0 Å². The van der Waals surface area contributed by atoms with Gasteiger partial charge in [-0.2, -0.15) is 0 Å². The molecule has 1 aromatic carbocycles. The number of ether oxygens (including phenoxy) is 1. The van der Waals surface area contributed by atoms with Crippen LogP contribution < -0.4 is 5.32 Å². The number of hydrogen-bond acceptors (Lipinski definition) is 3. The van der Waals surface area contributed by atoms with Crippen LogP contribution in [-0.4, -0.2) is 17.6 Å². The summed E-state index contributed by atoms with van der Waals surface area (Å²) >= 11 is 0. The van der Waals surface area contributed by atoms with Crippen molar-refractivity contribution < 1.29 is 13.9 Å². The average molecular weight is 251 g/mol. The van der Waals surface area contributed by atoms with E-state index in [0.29, 0.717) is 12.1 Å². The fourth-order valence-electron chi connectivity index (χ4n) is 2.13. The minimum Gasteiger partial charge on any atom is -0.458 e. The number of esters is 1. The Labute approximate surface area is 106 Å². The molecule has 1 unspecified atom stereocenters. The van der Waals surface area contributed by atoms with Gasteiger partial charge in [0.05, 0.1) is 0 Å². The number of halogens is 1. The normalized spacial score (nSPS) is 18.2. The zero-order chi connectivity index (χ0) is 13.5. The summed E-state index contributed by atoms with van der Waals surface area (Å²) in [6.45, 7) is 7.34. The maximum absolute atomic E-state index is 13.3. The first-order valence-electron chi connectivity index (χ1n) is 6.05. The van der Waals surface area contributed by atoms with E-state index in [1.54, 1.807) is 0 Å². The van der Waals surface area contributed by atoms with Gasteiger partial charge in [-0.05, 0) is 51.0 Å². The van der Waals surface area contributed by atoms with Crippen molar-refractivity contribution in [3.05, 3.63) is 29.1 Å². The highest BCUT2D eigenvalue weighted by atomic mass is 19.1. The third kappa shape index (κ3) is 2.63. The van der Waals surface area contributed by atoms with Crippen LogP contribution >= 0.6 is 0 Å². The van der Waals surface area contributed by atoms with Crippen LogP contribution in [0.3, 0.4) is 0 Å². The molecule has 0 saturated carbocycles. The van der Waals surface area contributed by atoms with Crippen LogP contribution in [0, 0.1) is 12.7 Å². The highest BCUT2D eigenvalue weighted by Crippen LogP contribution is 2.30. The zero-order valence-electron chi connectivity index (χ0n) is 11.1. The van der Waals surface area contributed by atoms with Gasteiger partial charge in [0.1, 0.15) is 17.5 Å². The molecule has 2 rings (SSSR count). The number of rotatable bonds is 1. The molecular formula is C14H18FNO2. The summed E-state index contributed by atoms with van der Waals surface area (Å²) in [5.74, 6) is -0.581. The number of carbonyl (C=O) groups is 1. The Morgan fingerprint density at radius 3 is 2.72 bits per heavy atom. The number of carbonyl (C=O) groups excluding carboxylic acids is 1. The third-order valence-electron chi connectivity index (χ3n) is 2.87. The number of anilines is 1. The first-order chi connectivity index (χ1) is 8.26. The molecule has 3 nitrogen and oxygen atoms in total. The van der Waals surface area contributed by atoms with Gasteiger partial charge in [-0.1, -0.05) is 0 Å². The average Bonchev–Trinajstić information content (AvgIpc) is 2.58. The van der Waals surface area contributed by atoms with Gasteiger partial charge in [0.25, 0.3) is 0 Å². The lowest BCUT2D eigenvalue weighted by molar-refractivity contribution is -0.155. The second-order valence-electron chi connectivity index (χ2n) is 5.68. The summed E-state index contributed by atoms with van der Waals surface area (Å²) < 4.78 is 18.6. The second kappa shape index (κ2) is 4.26. The molecule has 0 aromatic heterocycles. The summed E-state index contributed by atoms with van der Waals surface area (Å²) in [5.41, 5.74) is 2.05. The van der Waals surface area contributed by atoms with E-state index in [-0.39, 0.29) is 11.8 Å². The van der Waals surface area contributed by atoms with Crippen LogP contribution in [0.15, 0.2) is 12.1 Å². The van der Waals surface area contributed by atoms with Crippen molar-refractivity contribution in [2.75, 3.05) is 5.32 Å². The molecule has 0 spiro atoms. The predicted octanol–water partition coefficient (Wildman–Crippen LogP) is 2.81. The van der Waals surface area contributed by atoms with Crippen LogP contribution in [0.4, 0.5) is 10.1 Å². The lowest BCUT2D eigenvalue weighted by Gasteiger charge is -2.22. The fourth-order valence-corrected chi connectivity index (χ4v) is 2.13. The third-order valence-corrected chi connectivity index (χ3v) is 2.87. The van der Waals surface area contributed by atoms with Crippen molar-refractivity contribution >= 4 is 11.7 Å². The molecule has 0 amide bonds. The maximum Gasteiger partial charge on any atom is 0.329 e. The summed E-state index contributed by atoms with van der Waals surface area (Å²) in [6.07, 6.45) is 0.552. The number of aryl methyl sites for hydroxylation is 1. The van der Waals surface area contributed by atoms with Crippen molar-refractivity contribution in [2.24, 2.45) is 0 Å². The lowest BCUT2D eigenvalue weighted by Crippen LogP contribution is -2.35. The van der Waals surface area contributed by atoms with E-state index in [4.69, 9.17) is 4.74 Å². The van der Waals surface area contributed by atoms with E-state index in [1.807, 2.05) is 27.7 Å². The Balaban J connectivity index is 2.15. The molecular weight excluding hydrogens is 233 g/mol. The Bertz CT molecular complexity index is 491. The fraction of sp³-hybridized carbons (Fsp3) is 0.500. The topological polar surface area (TPSA) is 38.3 Å². The highest BCUT2D eigenvalue weighted by Gasteiger charge is 2.31. The van der Waals surface area contributed by atoms with E-state index in [2.05, 4.69) is 5.32 Å². The first kappa shape index (κ1) is 12.9. The smallest absolute Gasteiger partial charge is 0.329 e. The summed E-state index contributed by atoms with van der Waals surface area (Å²) in [7, 11) is 0. The second-order valence-corrected chi connectivity index (χ2v) is 5.68. The van der Waals surface area contributed by atoms with Gasteiger partial charge >= 0.3 is 5.97 Å². The van der Waals surface area contributed by atoms with Gasteiger partial charge in [-0.3, -0.25) is 0 Å². The molecule has 1 N–H and O–H groups in total. The molecule has 4 heteroatoms. The van der Waals surface area contributed by atoms with E-state index in [9.17, 15) is 9.18 Å². The molecule has 0 saturated heterocycles. The predicted molar refractivity (Wildman–Crippen MR) is 68.1 cm³/mol. The van der Waals surface area contributed by atoms with Gasteiger partial charge in [0, 0.05) is 12.1 Å². The number of nitrogens with one attached hydrogen (secondary N) is 1. The molecule has 18 heavy (non-hydrogen) atoms. The molecule has 98 valence electrons. The molecule has 1 aliphatic heterocycles. The molecule has 0 radical (unpaired) electrons. The number of fused-ring (bicyclic) bond motifs is 1. The van der Waals surface area contributed by atoms with Gasteiger partial charge in [0.2, 0.25) is 0 Å². The van der Waals surface area contributed by atoms with E-state index in [1.165, 1.54) is 12.1 Å². The molecule has 1 atom stereocenters. The number of hydrogen-bond donors (Lipinski definition) is 1. The molecule has 1 aliphatic rings. The van der Waals surface area contributed by atoms with E-state index in [0.717, 1.165) is 11.1 Å². The quantitative estimate of drug-likeness (QED) is 0.780. The van der Waals surface area contributed by atoms with Crippen LogP contribution in [0.5, 0.6) is 0 Å². The SMILES string of the molecule is Cc1cc(F)cc2c1CC(C(=O)OC(C)(C)C)N2. The summed E-state index contributed by atoms with van der Waals surface area (Å²) in [5, 5.41) is 3.02. The largest absolute Gasteiger partial charge is 0.458 e. The first-order valence-corrected chi connectivity index (χ1v) is 6.05. The molecule has 1 heterocycles. The van der Waals surface area contributed by atoms with Crippen LogP contribution in [0.2, 0.25) is 0 Å². The van der Waals surface area contributed by atoms with E-state index < -0.39 is 11.6 Å². The minimum atomic E-state index is -0.506. The monoisotopic (exact) mass is 251 g/mol. The summed E-state index contributed by atoms with van der Waals surface area (Å²) in [4.78, 5) is 11.9. The lowest BCUT2D eigenvalue weighted by atomic mass is 10.0. The zero-order valence-corrected chi connectivity index (χ0v) is 11.1. The number of benzene rings is 1. The maximum atomic E-state index is 13.3. The van der Waals surface area contributed by atoms with Crippen molar-refractivity contribution in [3.63, 3.8) is 0 Å². The van der Waals surface area contributed by atoms with Gasteiger partial charge in [-0.25, -0.2) is 9.18 Å². The standard InChI is InChI=1S/C14H18FNO2/c1-8-5-9(15)6-11-10(8)7-12(16-11)13(17)18-14(2,3)4/h5-6,12,16H,7H2,1-4H3. The van der Waals surface area contributed by atoms with Crippen LogP contribution in [0.1, 0.15) is 31.9 Å². The molecule has 1 aromatic rings. The van der Waals surface area contributed by atoms with Crippen molar-refractivity contribution in [3.8, 4) is 0 Å². The Kier molecular flexibility index (Phi) is 3.05. The Morgan fingerprint density at radius 2 is 2.11 bits per heavy atom. The Morgan fingerprint density at radius 1 is 1.44 bits per heavy atom. The minimum absolute atomic E-state index is 0.288. The molecule has 0 bridgehead atoms. The van der Waals surface area contributed by atoms with Gasteiger partial charge in [-0.15, -0.1) is 0 Å². The molecule has 0 aliphatic carbocycles. The van der Waals surface area contributed by atoms with Crippen molar-refractivity contribution in [1.29, 1.82) is 0 Å². The van der Waals surface area contributed by atoms with Gasteiger partial charge < -0.3 is 10.1 Å². The van der Waals surface area contributed by atoms with Crippen LogP contribution in [0.25, 0.3) is 0 Å². The highest BCUT2D eigenvalue weighted by molar-refractivity contribution is 5.83. The summed E-state index contributed by atoms with van der Waals surface area (Å²) in [6, 6.07) is 2.49. The van der Waals surface area contributed by atoms with Crippen molar-refractivity contribution in [1.82, 2.24) is 0 Å². The Hall–Kier alpha value is -1.58. The van der Waals surface area contributed by atoms with Crippen molar-refractivity contribution in [2.45, 2.75) is 45.8 Å². The molecule has 0 fully saturated rings. The van der Waals surface area contributed by atoms with Gasteiger partial charge in [0.15, 0.2) is 0 Å². The van der Waals surface area contributed by atoms with Crippen LogP contribution in [-0.2, 0) is 16.0 Å².